The van der Waals surface area contributed by atoms with E-state index in [1.807, 2.05) is 4.90 Å². The number of likely N-dealkylation sites (tertiary alicyclic amines) is 1. The normalized spacial score (nSPS) is 16.9. The van der Waals surface area contributed by atoms with Gasteiger partial charge in [-0.15, -0.1) is 0 Å². The number of hydrogen-bond donors (Lipinski definition) is 2. The Hall–Kier alpha value is -2.15. The van der Waals surface area contributed by atoms with E-state index in [1.165, 1.54) is 24.3 Å². The van der Waals surface area contributed by atoms with Gasteiger partial charge in [-0.1, -0.05) is 23.2 Å². The molecule has 0 aromatic heterocycles. The number of halogens is 3. The zero-order valence-electron chi connectivity index (χ0n) is 14.3. The van der Waals surface area contributed by atoms with Crippen molar-refractivity contribution < 1.29 is 14.0 Å². The molecule has 1 atom stereocenters. The number of carbonyl (C=O) groups excluding carboxylic acids is 2. The van der Waals surface area contributed by atoms with Gasteiger partial charge in [0, 0.05) is 10.7 Å². The predicted molar refractivity (Wildman–Crippen MR) is 105 cm³/mol. The van der Waals surface area contributed by atoms with Crippen LogP contribution in [0.3, 0.4) is 0 Å². The first-order chi connectivity index (χ1) is 12.9. The van der Waals surface area contributed by atoms with Crippen LogP contribution in [0.15, 0.2) is 42.5 Å². The molecular weight excluding hydrogens is 392 g/mol. The molecule has 2 N–H and O–H groups in total. The summed E-state index contributed by atoms with van der Waals surface area (Å²) in [6, 6.07) is 9.93. The van der Waals surface area contributed by atoms with Crippen molar-refractivity contribution in [1.29, 1.82) is 0 Å². The topological polar surface area (TPSA) is 61.4 Å². The number of hydrogen-bond acceptors (Lipinski definition) is 3. The first kappa shape index (κ1) is 19.6. The van der Waals surface area contributed by atoms with E-state index in [0.717, 1.165) is 6.42 Å². The van der Waals surface area contributed by atoms with Gasteiger partial charge >= 0.3 is 0 Å². The predicted octanol–water partition coefficient (Wildman–Crippen LogP) is 4.17. The summed E-state index contributed by atoms with van der Waals surface area (Å²) in [5.41, 5.74) is 0.948. The molecule has 1 aliphatic heterocycles. The lowest BCUT2D eigenvalue weighted by Crippen LogP contribution is -2.43. The van der Waals surface area contributed by atoms with E-state index in [4.69, 9.17) is 23.2 Å². The highest BCUT2D eigenvalue weighted by atomic mass is 35.5. The van der Waals surface area contributed by atoms with E-state index in [9.17, 15) is 14.0 Å². The number of rotatable bonds is 5. The second kappa shape index (κ2) is 8.69. The van der Waals surface area contributed by atoms with Crippen LogP contribution in [0, 0.1) is 5.82 Å². The van der Waals surface area contributed by atoms with Gasteiger partial charge in [0.1, 0.15) is 5.82 Å². The van der Waals surface area contributed by atoms with Crippen molar-refractivity contribution in [3.05, 3.63) is 58.3 Å². The number of nitrogens with zero attached hydrogens (tertiary/aromatic N) is 1. The van der Waals surface area contributed by atoms with Crippen molar-refractivity contribution in [2.75, 3.05) is 23.7 Å². The van der Waals surface area contributed by atoms with E-state index in [1.54, 1.807) is 18.2 Å². The summed E-state index contributed by atoms with van der Waals surface area (Å²) < 4.78 is 12.9. The monoisotopic (exact) mass is 409 g/mol. The van der Waals surface area contributed by atoms with Crippen molar-refractivity contribution in [2.24, 2.45) is 0 Å². The minimum absolute atomic E-state index is 0.0682. The largest absolute Gasteiger partial charge is 0.325 e. The van der Waals surface area contributed by atoms with Gasteiger partial charge in [-0.3, -0.25) is 14.5 Å². The summed E-state index contributed by atoms with van der Waals surface area (Å²) in [6.45, 7) is 0.705. The molecule has 1 heterocycles. The second-order valence-electron chi connectivity index (χ2n) is 6.30. The van der Waals surface area contributed by atoms with Crippen molar-refractivity contribution in [2.45, 2.75) is 18.9 Å². The average Bonchev–Trinajstić information content (AvgIpc) is 3.08. The Kier molecular flexibility index (Phi) is 6.31. The van der Waals surface area contributed by atoms with Crippen molar-refractivity contribution in [3.8, 4) is 0 Å². The Balaban J connectivity index is 1.60. The molecule has 1 fully saturated rings. The minimum atomic E-state index is -0.431. The molecule has 8 heteroatoms. The van der Waals surface area contributed by atoms with Crippen molar-refractivity contribution in [3.63, 3.8) is 0 Å². The number of nitrogens with one attached hydrogen (secondary N) is 2. The fraction of sp³-hybridized carbons (Fsp3) is 0.263. The fourth-order valence-corrected chi connectivity index (χ4v) is 3.38. The van der Waals surface area contributed by atoms with Crippen LogP contribution in [0.5, 0.6) is 0 Å². The van der Waals surface area contributed by atoms with Gasteiger partial charge in [0.2, 0.25) is 11.8 Å². The number of amides is 2. The Bertz CT molecular complexity index is 845. The van der Waals surface area contributed by atoms with Gasteiger partial charge in [-0.05, 0) is 61.9 Å². The molecule has 2 amide bonds. The van der Waals surface area contributed by atoms with Crippen LogP contribution in [0.2, 0.25) is 10.0 Å². The SMILES string of the molecule is O=C(CN1CCC[C@H]1C(=O)Nc1cc(Cl)ccc1Cl)Nc1ccc(F)cc1. The van der Waals surface area contributed by atoms with E-state index < -0.39 is 6.04 Å². The molecule has 5 nitrogen and oxygen atoms in total. The van der Waals surface area contributed by atoms with Crippen LogP contribution >= 0.6 is 23.2 Å². The third-order valence-electron chi connectivity index (χ3n) is 4.33. The van der Waals surface area contributed by atoms with Gasteiger partial charge in [-0.25, -0.2) is 4.39 Å². The van der Waals surface area contributed by atoms with E-state index >= 15 is 0 Å². The molecule has 2 aromatic carbocycles. The first-order valence-corrected chi connectivity index (χ1v) is 9.23. The minimum Gasteiger partial charge on any atom is -0.325 e. The quantitative estimate of drug-likeness (QED) is 0.778. The number of anilines is 2. The van der Waals surface area contributed by atoms with Gasteiger partial charge in [0.25, 0.3) is 0 Å². The molecule has 0 unspecified atom stereocenters. The zero-order chi connectivity index (χ0) is 19.4. The fourth-order valence-electron chi connectivity index (χ4n) is 3.04. The zero-order valence-corrected chi connectivity index (χ0v) is 15.9. The lowest BCUT2D eigenvalue weighted by molar-refractivity contribution is -0.122. The van der Waals surface area contributed by atoms with Crippen LogP contribution in [0.4, 0.5) is 15.8 Å². The van der Waals surface area contributed by atoms with E-state index in [0.29, 0.717) is 34.4 Å². The molecule has 0 spiro atoms. The molecule has 3 rings (SSSR count). The summed E-state index contributed by atoms with van der Waals surface area (Å²) >= 11 is 12.0. The maximum atomic E-state index is 12.9. The molecule has 0 saturated carbocycles. The third kappa shape index (κ3) is 5.19. The molecule has 27 heavy (non-hydrogen) atoms. The van der Waals surface area contributed by atoms with Crippen LogP contribution < -0.4 is 10.6 Å². The molecule has 1 saturated heterocycles. The molecule has 0 bridgehead atoms. The third-order valence-corrected chi connectivity index (χ3v) is 4.89. The molecule has 2 aromatic rings. The Labute approximate surface area is 166 Å². The first-order valence-electron chi connectivity index (χ1n) is 8.48. The van der Waals surface area contributed by atoms with Crippen LogP contribution in [0.25, 0.3) is 0 Å². The average molecular weight is 410 g/mol. The molecule has 0 aliphatic carbocycles. The van der Waals surface area contributed by atoms with Crippen molar-refractivity contribution >= 4 is 46.4 Å². The highest BCUT2D eigenvalue weighted by Crippen LogP contribution is 2.27. The van der Waals surface area contributed by atoms with Crippen LogP contribution in [-0.4, -0.2) is 35.8 Å². The summed E-state index contributed by atoms with van der Waals surface area (Å²) in [5.74, 6) is -0.864. The molecule has 0 radical (unpaired) electrons. The number of benzene rings is 2. The maximum absolute atomic E-state index is 12.9. The van der Waals surface area contributed by atoms with Crippen molar-refractivity contribution in [1.82, 2.24) is 4.90 Å². The Morgan fingerprint density at radius 2 is 1.85 bits per heavy atom. The Morgan fingerprint density at radius 3 is 2.59 bits per heavy atom. The van der Waals surface area contributed by atoms with E-state index in [2.05, 4.69) is 10.6 Å². The summed E-state index contributed by atoms with van der Waals surface area (Å²) in [5, 5.41) is 6.35. The number of carbonyl (C=O) groups is 2. The van der Waals surface area contributed by atoms with Gasteiger partial charge in [0.05, 0.1) is 23.3 Å². The highest BCUT2D eigenvalue weighted by Gasteiger charge is 2.32. The lowest BCUT2D eigenvalue weighted by Gasteiger charge is -2.23. The van der Waals surface area contributed by atoms with Crippen LogP contribution in [0.1, 0.15) is 12.8 Å². The summed E-state index contributed by atoms with van der Waals surface area (Å²) in [6.07, 6.45) is 1.46. The molecule has 142 valence electrons. The van der Waals surface area contributed by atoms with Gasteiger partial charge < -0.3 is 10.6 Å². The summed E-state index contributed by atoms with van der Waals surface area (Å²) in [4.78, 5) is 26.7. The maximum Gasteiger partial charge on any atom is 0.241 e. The second-order valence-corrected chi connectivity index (χ2v) is 7.14. The van der Waals surface area contributed by atoms with E-state index in [-0.39, 0.29) is 24.2 Å². The summed E-state index contributed by atoms with van der Waals surface area (Å²) in [7, 11) is 0. The molecule has 1 aliphatic rings. The van der Waals surface area contributed by atoms with Crippen LogP contribution in [-0.2, 0) is 9.59 Å². The van der Waals surface area contributed by atoms with Gasteiger partial charge in [0.15, 0.2) is 0 Å². The lowest BCUT2D eigenvalue weighted by atomic mass is 10.2. The molecular formula is C19H18Cl2FN3O2. The highest BCUT2D eigenvalue weighted by molar-refractivity contribution is 6.35. The smallest absolute Gasteiger partial charge is 0.241 e. The standard InChI is InChI=1S/C19H18Cl2FN3O2/c20-12-3-8-15(21)16(10-12)24-19(27)17-2-1-9-25(17)11-18(26)23-14-6-4-13(22)5-7-14/h3-8,10,17H,1-2,9,11H2,(H,23,26)(H,24,27)/t17-/m0/s1. The van der Waals surface area contributed by atoms with Gasteiger partial charge in [-0.2, -0.15) is 0 Å². The Morgan fingerprint density at radius 1 is 1.11 bits per heavy atom.